The van der Waals surface area contributed by atoms with Gasteiger partial charge in [0.2, 0.25) is 5.91 Å². The Kier molecular flexibility index (Phi) is 7.31. The molecule has 0 unspecified atom stereocenters. The second-order valence-electron chi connectivity index (χ2n) is 6.61. The van der Waals surface area contributed by atoms with E-state index in [-0.39, 0.29) is 5.91 Å². The highest BCUT2D eigenvalue weighted by Crippen LogP contribution is 2.23. The van der Waals surface area contributed by atoms with E-state index in [0.717, 1.165) is 42.7 Å². The standard InChI is InChI=1S/C22H26ClN3O2/c1-2-22(27)24-14-7-13-21-25-18-10-4-5-11-19(18)26(21)15-8-16-28-20-12-6-3-9-17(20)23/h3-6,9-12H,2,7-8,13-16H2,1H3,(H,24,27). The fourth-order valence-corrected chi connectivity index (χ4v) is 3.32. The van der Waals surface area contributed by atoms with Gasteiger partial charge in [-0.1, -0.05) is 42.8 Å². The number of carbonyl (C=O) groups excluding carboxylic acids is 1. The van der Waals surface area contributed by atoms with Gasteiger partial charge in [-0.3, -0.25) is 4.79 Å². The van der Waals surface area contributed by atoms with E-state index in [9.17, 15) is 4.79 Å². The molecule has 1 N–H and O–H groups in total. The maximum absolute atomic E-state index is 11.4. The number of imidazole rings is 1. The number of nitrogens with zero attached hydrogens (tertiary/aromatic N) is 2. The van der Waals surface area contributed by atoms with Crippen LogP contribution in [0.1, 0.15) is 32.0 Å². The Morgan fingerprint density at radius 1 is 1.14 bits per heavy atom. The maximum atomic E-state index is 11.4. The van der Waals surface area contributed by atoms with Gasteiger partial charge in [-0.15, -0.1) is 0 Å². The Morgan fingerprint density at radius 3 is 2.75 bits per heavy atom. The fraction of sp³-hybridized carbons (Fsp3) is 0.364. The highest BCUT2D eigenvalue weighted by molar-refractivity contribution is 6.32. The molecule has 0 saturated heterocycles. The molecule has 28 heavy (non-hydrogen) atoms. The molecule has 5 nitrogen and oxygen atoms in total. The summed E-state index contributed by atoms with van der Waals surface area (Å²) in [6.07, 6.45) is 3.06. The van der Waals surface area contributed by atoms with E-state index in [4.69, 9.17) is 21.3 Å². The number of hydrogen-bond acceptors (Lipinski definition) is 3. The van der Waals surface area contributed by atoms with E-state index >= 15 is 0 Å². The summed E-state index contributed by atoms with van der Waals surface area (Å²) in [4.78, 5) is 16.2. The molecule has 0 aliphatic carbocycles. The van der Waals surface area contributed by atoms with E-state index in [2.05, 4.69) is 16.0 Å². The first-order valence-electron chi connectivity index (χ1n) is 9.77. The molecule has 1 aromatic heterocycles. The number of benzene rings is 2. The third-order valence-electron chi connectivity index (χ3n) is 4.57. The van der Waals surface area contributed by atoms with Crippen molar-refractivity contribution in [3.63, 3.8) is 0 Å². The van der Waals surface area contributed by atoms with Gasteiger partial charge in [-0.2, -0.15) is 0 Å². The molecule has 1 amide bonds. The monoisotopic (exact) mass is 399 g/mol. The Balaban J connectivity index is 1.60. The zero-order valence-electron chi connectivity index (χ0n) is 16.2. The molecule has 0 saturated carbocycles. The molecule has 0 aliphatic heterocycles. The van der Waals surface area contributed by atoms with E-state index in [1.54, 1.807) is 0 Å². The lowest BCUT2D eigenvalue weighted by Crippen LogP contribution is -2.23. The molecule has 6 heteroatoms. The number of rotatable bonds is 10. The molecule has 3 aromatic rings. The Hall–Kier alpha value is -2.53. The lowest BCUT2D eigenvalue weighted by Gasteiger charge is -2.11. The quantitative estimate of drug-likeness (QED) is 0.506. The minimum atomic E-state index is 0.0882. The molecular formula is C22H26ClN3O2. The number of aromatic nitrogens is 2. The lowest BCUT2D eigenvalue weighted by atomic mass is 10.2. The van der Waals surface area contributed by atoms with Crippen molar-refractivity contribution in [3.05, 3.63) is 59.4 Å². The van der Waals surface area contributed by atoms with Crippen LogP contribution in [0.15, 0.2) is 48.5 Å². The van der Waals surface area contributed by atoms with Crippen LogP contribution in [0.5, 0.6) is 5.75 Å². The lowest BCUT2D eigenvalue weighted by molar-refractivity contribution is -0.120. The molecular weight excluding hydrogens is 374 g/mol. The number of fused-ring (bicyclic) bond motifs is 1. The van der Waals surface area contributed by atoms with Crippen molar-refractivity contribution in [1.82, 2.24) is 14.9 Å². The van der Waals surface area contributed by atoms with Crippen LogP contribution < -0.4 is 10.1 Å². The molecule has 1 heterocycles. The highest BCUT2D eigenvalue weighted by Gasteiger charge is 2.10. The van der Waals surface area contributed by atoms with Crippen molar-refractivity contribution < 1.29 is 9.53 Å². The molecule has 0 spiro atoms. The smallest absolute Gasteiger partial charge is 0.219 e. The van der Waals surface area contributed by atoms with E-state index < -0.39 is 0 Å². The summed E-state index contributed by atoms with van der Waals surface area (Å²) in [6.45, 7) is 3.94. The van der Waals surface area contributed by atoms with Gasteiger partial charge in [0.1, 0.15) is 11.6 Å². The number of halogens is 1. The van der Waals surface area contributed by atoms with Gasteiger partial charge in [0.25, 0.3) is 0 Å². The third kappa shape index (κ3) is 5.26. The molecule has 3 rings (SSSR count). The summed E-state index contributed by atoms with van der Waals surface area (Å²) in [5.41, 5.74) is 2.13. The molecule has 0 aliphatic rings. The van der Waals surface area contributed by atoms with Crippen LogP contribution in [-0.2, 0) is 17.8 Å². The second-order valence-corrected chi connectivity index (χ2v) is 7.02. The summed E-state index contributed by atoms with van der Waals surface area (Å²) in [7, 11) is 0. The molecule has 2 aromatic carbocycles. The third-order valence-corrected chi connectivity index (χ3v) is 4.89. The largest absolute Gasteiger partial charge is 0.492 e. The Bertz CT molecular complexity index is 923. The van der Waals surface area contributed by atoms with Gasteiger partial charge in [0.15, 0.2) is 0 Å². The minimum Gasteiger partial charge on any atom is -0.492 e. The molecule has 0 bridgehead atoms. The number of para-hydroxylation sites is 3. The minimum absolute atomic E-state index is 0.0882. The first-order valence-corrected chi connectivity index (χ1v) is 10.1. The van der Waals surface area contributed by atoms with E-state index in [1.807, 2.05) is 49.4 Å². The normalized spacial score (nSPS) is 10.9. The van der Waals surface area contributed by atoms with Crippen LogP contribution in [0.25, 0.3) is 11.0 Å². The number of hydrogen-bond donors (Lipinski definition) is 1. The van der Waals surface area contributed by atoms with E-state index in [1.165, 1.54) is 0 Å². The zero-order chi connectivity index (χ0) is 19.8. The number of carbonyl (C=O) groups is 1. The zero-order valence-corrected chi connectivity index (χ0v) is 16.9. The summed E-state index contributed by atoms with van der Waals surface area (Å²) < 4.78 is 8.07. The fourth-order valence-electron chi connectivity index (χ4n) is 3.13. The van der Waals surface area contributed by atoms with Gasteiger partial charge >= 0.3 is 0 Å². The van der Waals surface area contributed by atoms with Crippen LogP contribution in [0.4, 0.5) is 0 Å². The molecule has 148 valence electrons. The molecule has 0 fully saturated rings. The van der Waals surface area contributed by atoms with Crippen LogP contribution in [0.3, 0.4) is 0 Å². The first-order chi connectivity index (χ1) is 13.7. The van der Waals surface area contributed by atoms with Crippen molar-refractivity contribution in [2.45, 2.75) is 39.2 Å². The van der Waals surface area contributed by atoms with Crippen molar-refractivity contribution >= 4 is 28.5 Å². The predicted octanol–water partition coefficient (Wildman–Crippen LogP) is 4.62. The van der Waals surface area contributed by atoms with Gasteiger partial charge in [-0.05, 0) is 37.1 Å². The SMILES string of the molecule is CCC(=O)NCCCc1nc2ccccc2n1CCCOc1ccccc1Cl. The second kappa shape index (κ2) is 10.1. The molecule has 0 radical (unpaired) electrons. The maximum Gasteiger partial charge on any atom is 0.219 e. The average molecular weight is 400 g/mol. The van der Waals surface area contributed by atoms with Crippen molar-refractivity contribution in [1.29, 1.82) is 0 Å². The van der Waals surface area contributed by atoms with E-state index in [0.29, 0.717) is 30.3 Å². The Labute approximate surface area is 170 Å². The van der Waals surface area contributed by atoms with Gasteiger partial charge < -0.3 is 14.6 Å². The van der Waals surface area contributed by atoms with Gasteiger partial charge in [0, 0.05) is 25.9 Å². The number of amides is 1. The number of ether oxygens (including phenoxy) is 1. The summed E-state index contributed by atoms with van der Waals surface area (Å²) in [5, 5.41) is 3.55. The highest BCUT2D eigenvalue weighted by atomic mass is 35.5. The van der Waals surface area contributed by atoms with Crippen LogP contribution in [0, 0.1) is 0 Å². The summed E-state index contributed by atoms with van der Waals surface area (Å²) in [5.74, 6) is 1.85. The first kappa shape index (κ1) is 20.2. The Morgan fingerprint density at radius 2 is 1.93 bits per heavy atom. The van der Waals surface area contributed by atoms with Gasteiger partial charge in [-0.25, -0.2) is 4.98 Å². The average Bonchev–Trinajstić information content (AvgIpc) is 3.07. The van der Waals surface area contributed by atoms with Crippen LogP contribution >= 0.6 is 11.6 Å². The van der Waals surface area contributed by atoms with Crippen LogP contribution in [-0.4, -0.2) is 28.6 Å². The number of aryl methyl sites for hydroxylation is 2. The van der Waals surface area contributed by atoms with Crippen molar-refractivity contribution in [3.8, 4) is 5.75 Å². The summed E-state index contributed by atoms with van der Waals surface area (Å²) in [6, 6.07) is 15.7. The predicted molar refractivity (Wildman–Crippen MR) is 113 cm³/mol. The van der Waals surface area contributed by atoms with Crippen LogP contribution in [0.2, 0.25) is 5.02 Å². The van der Waals surface area contributed by atoms with Gasteiger partial charge in [0.05, 0.1) is 22.7 Å². The summed E-state index contributed by atoms with van der Waals surface area (Å²) >= 11 is 6.14. The molecule has 0 atom stereocenters. The topological polar surface area (TPSA) is 56.2 Å². The van der Waals surface area contributed by atoms with Crippen molar-refractivity contribution in [2.24, 2.45) is 0 Å². The van der Waals surface area contributed by atoms with Crippen molar-refractivity contribution in [2.75, 3.05) is 13.2 Å². The number of nitrogens with one attached hydrogen (secondary N) is 1.